The van der Waals surface area contributed by atoms with Crippen LogP contribution in [0.3, 0.4) is 0 Å². The topological polar surface area (TPSA) is 73.9 Å². The Morgan fingerprint density at radius 3 is 2.68 bits per heavy atom. The quantitative estimate of drug-likeness (QED) is 0.686. The number of amides is 1. The summed E-state index contributed by atoms with van der Waals surface area (Å²) >= 11 is 0. The first-order valence-corrected chi connectivity index (χ1v) is 9.88. The lowest BCUT2D eigenvalue weighted by molar-refractivity contribution is -0.157. The summed E-state index contributed by atoms with van der Waals surface area (Å²) < 4.78 is 16.0. The van der Waals surface area contributed by atoms with Gasteiger partial charge in [0.05, 0.1) is 7.11 Å². The molecule has 0 spiro atoms. The largest absolute Gasteiger partial charge is 0.493 e. The standard InChI is InChI=1S/C22H31NO5/c1-5-8-17-11-12-19(20(13-17)26-4)27-14-21(24)28-16(3)22(25)23-18-10-7-6-9-15(18)2/h5,8,11-13,15-16,18H,6-7,9-10,14H2,1-4H3,(H,23,25)/b8-5+/t15-,16-,18+/m0/s1. The van der Waals surface area contributed by atoms with Crippen molar-refractivity contribution in [2.45, 2.75) is 58.6 Å². The maximum absolute atomic E-state index is 12.3. The van der Waals surface area contributed by atoms with E-state index in [2.05, 4.69) is 12.2 Å². The minimum absolute atomic E-state index is 0.151. The number of benzene rings is 1. The Morgan fingerprint density at radius 2 is 2.00 bits per heavy atom. The number of nitrogens with one attached hydrogen (secondary N) is 1. The van der Waals surface area contributed by atoms with Crippen molar-refractivity contribution in [1.29, 1.82) is 0 Å². The van der Waals surface area contributed by atoms with Crippen LogP contribution in [-0.2, 0) is 14.3 Å². The van der Waals surface area contributed by atoms with Crippen LogP contribution in [0.25, 0.3) is 6.08 Å². The first-order chi connectivity index (χ1) is 13.4. The van der Waals surface area contributed by atoms with Gasteiger partial charge in [-0.2, -0.15) is 0 Å². The lowest BCUT2D eigenvalue weighted by Gasteiger charge is -2.30. The Balaban J connectivity index is 1.83. The van der Waals surface area contributed by atoms with Gasteiger partial charge in [-0.05, 0) is 50.3 Å². The minimum atomic E-state index is -0.857. The van der Waals surface area contributed by atoms with Gasteiger partial charge in [0.1, 0.15) is 0 Å². The number of esters is 1. The second kappa shape index (κ2) is 10.7. The summed E-state index contributed by atoms with van der Waals surface area (Å²) in [5.74, 6) is 0.558. The molecule has 1 saturated carbocycles. The van der Waals surface area contributed by atoms with E-state index in [0.717, 1.165) is 24.8 Å². The van der Waals surface area contributed by atoms with E-state index < -0.39 is 12.1 Å². The van der Waals surface area contributed by atoms with Crippen molar-refractivity contribution < 1.29 is 23.8 Å². The molecule has 6 heteroatoms. The number of rotatable bonds is 8. The van der Waals surface area contributed by atoms with Crippen LogP contribution in [0.1, 0.15) is 52.0 Å². The smallest absolute Gasteiger partial charge is 0.344 e. The van der Waals surface area contributed by atoms with E-state index in [1.165, 1.54) is 6.42 Å². The number of methoxy groups -OCH3 is 1. The SMILES string of the molecule is C/C=C/c1ccc(OCC(=O)O[C@@H](C)C(=O)N[C@@H]2CCCC[C@@H]2C)c(OC)c1. The molecule has 1 amide bonds. The summed E-state index contributed by atoms with van der Waals surface area (Å²) in [5, 5.41) is 3.00. The molecule has 1 aliphatic rings. The van der Waals surface area contributed by atoms with E-state index >= 15 is 0 Å². The molecule has 6 nitrogen and oxygen atoms in total. The van der Waals surface area contributed by atoms with Crippen molar-refractivity contribution >= 4 is 18.0 Å². The van der Waals surface area contributed by atoms with Gasteiger partial charge in [0.2, 0.25) is 0 Å². The number of ether oxygens (including phenoxy) is 3. The fraction of sp³-hybridized carbons (Fsp3) is 0.545. The second-order valence-electron chi connectivity index (χ2n) is 7.21. The highest BCUT2D eigenvalue weighted by Crippen LogP contribution is 2.28. The number of allylic oxidation sites excluding steroid dienone is 1. The Bertz CT molecular complexity index is 700. The van der Waals surface area contributed by atoms with Crippen LogP contribution in [-0.4, -0.2) is 37.7 Å². The summed E-state index contributed by atoms with van der Waals surface area (Å²) in [7, 11) is 1.54. The lowest BCUT2D eigenvalue weighted by Crippen LogP contribution is -2.46. The average molecular weight is 389 g/mol. The van der Waals surface area contributed by atoms with Gasteiger partial charge < -0.3 is 19.5 Å². The van der Waals surface area contributed by atoms with Gasteiger partial charge in [0.25, 0.3) is 5.91 Å². The van der Waals surface area contributed by atoms with E-state index in [1.54, 1.807) is 20.1 Å². The molecule has 1 aromatic rings. The highest BCUT2D eigenvalue weighted by atomic mass is 16.6. The molecule has 1 fully saturated rings. The van der Waals surface area contributed by atoms with E-state index in [0.29, 0.717) is 17.4 Å². The molecule has 1 N–H and O–H groups in total. The molecule has 0 radical (unpaired) electrons. The molecule has 0 bridgehead atoms. The fourth-order valence-electron chi connectivity index (χ4n) is 3.35. The Morgan fingerprint density at radius 1 is 1.25 bits per heavy atom. The third-order valence-corrected chi connectivity index (χ3v) is 5.01. The van der Waals surface area contributed by atoms with Crippen LogP contribution in [0.5, 0.6) is 11.5 Å². The molecule has 2 rings (SSSR count). The summed E-state index contributed by atoms with van der Waals surface area (Å²) in [4.78, 5) is 24.4. The molecule has 0 aliphatic heterocycles. The molecule has 0 saturated heterocycles. The zero-order chi connectivity index (χ0) is 20.5. The zero-order valence-electron chi connectivity index (χ0n) is 17.2. The monoisotopic (exact) mass is 389 g/mol. The summed E-state index contributed by atoms with van der Waals surface area (Å²) in [5.41, 5.74) is 0.969. The van der Waals surface area contributed by atoms with Gasteiger partial charge in [0.15, 0.2) is 24.2 Å². The summed E-state index contributed by atoms with van der Waals surface area (Å²) in [6.45, 7) is 5.35. The third-order valence-electron chi connectivity index (χ3n) is 5.01. The van der Waals surface area contributed by atoms with Crippen LogP contribution >= 0.6 is 0 Å². The first-order valence-electron chi connectivity index (χ1n) is 9.88. The van der Waals surface area contributed by atoms with Gasteiger partial charge >= 0.3 is 5.97 Å². The maximum Gasteiger partial charge on any atom is 0.344 e. The van der Waals surface area contributed by atoms with Crippen LogP contribution < -0.4 is 14.8 Å². The zero-order valence-corrected chi connectivity index (χ0v) is 17.2. The van der Waals surface area contributed by atoms with E-state index in [9.17, 15) is 9.59 Å². The van der Waals surface area contributed by atoms with E-state index in [4.69, 9.17) is 14.2 Å². The number of hydrogen-bond donors (Lipinski definition) is 1. The Kier molecular flexibility index (Phi) is 8.36. The molecule has 0 heterocycles. The van der Waals surface area contributed by atoms with Crippen LogP contribution in [0.2, 0.25) is 0 Å². The van der Waals surface area contributed by atoms with Gasteiger partial charge in [-0.1, -0.05) is 38.0 Å². The number of carbonyl (C=O) groups excluding carboxylic acids is 2. The van der Waals surface area contributed by atoms with Crippen molar-refractivity contribution in [2.75, 3.05) is 13.7 Å². The molecule has 154 valence electrons. The van der Waals surface area contributed by atoms with Gasteiger partial charge in [-0.15, -0.1) is 0 Å². The van der Waals surface area contributed by atoms with Crippen LogP contribution in [0, 0.1) is 5.92 Å². The van der Waals surface area contributed by atoms with Crippen LogP contribution in [0.15, 0.2) is 24.3 Å². The summed E-state index contributed by atoms with van der Waals surface area (Å²) in [6, 6.07) is 5.58. The summed E-state index contributed by atoms with van der Waals surface area (Å²) in [6.07, 6.45) is 7.41. The van der Waals surface area contributed by atoms with Gasteiger partial charge in [-0.3, -0.25) is 4.79 Å². The maximum atomic E-state index is 12.3. The molecule has 1 aromatic carbocycles. The fourth-order valence-corrected chi connectivity index (χ4v) is 3.35. The second-order valence-corrected chi connectivity index (χ2v) is 7.21. The van der Waals surface area contributed by atoms with Gasteiger partial charge in [-0.25, -0.2) is 4.79 Å². The minimum Gasteiger partial charge on any atom is -0.493 e. The highest BCUT2D eigenvalue weighted by molar-refractivity contribution is 5.84. The van der Waals surface area contributed by atoms with Crippen molar-refractivity contribution in [1.82, 2.24) is 5.32 Å². The predicted molar refractivity (Wildman–Crippen MR) is 108 cm³/mol. The van der Waals surface area contributed by atoms with Crippen molar-refractivity contribution in [3.05, 3.63) is 29.8 Å². The van der Waals surface area contributed by atoms with E-state index in [-0.39, 0.29) is 18.6 Å². The first kappa shape index (κ1) is 21.8. The van der Waals surface area contributed by atoms with Crippen molar-refractivity contribution in [3.8, 4) is 11.5 Å². The lowest BCUT2D eigenvalue weighted by atomic mass is 9.86. The predicted octanol–water partition coefficient (Wildman–Crippen LogP) is 3.73. The molecular formula is C22H31NO5. The molecule has 28 heavy (non-hydrogen) atoms. The molecular weight excluding hydrogens is 358 g/mol. The van der Waals surface area contributed by atoms with Crippen molar-refractivity contribution in [2.24, 2.45) is 5.92 Å². The van der Waals surface area contributed by atoms with Crippen molar-refractivity contribution in [3.63, 3.8) is 0 Å². The highest BCUT2D eigenvalue weighted by Gasteiger charge is 2.26. The normalized spacial score (nSPS) is 20.4. The number of hydrogen-bond acceptors (Lipinski definition) is 5. The average Bonchev–Trinajstić information content (AvgIpc) is 2.68. The molecule has 0 aromatic heterocycles. The Hall–Kier alpha value is -2.50. The third kappa shape index (κ3) is 6.29. The molecule has 1 aliphatic carbocycles. The molecule has 3 atom stereocenters. The Labute approximate surface area is 167 Å². The molecule has 0 unspecified atom stereocenters. The van der Waals surface area contributed by atoms with Gasteiger partial charge in [0, 0.05) is 6.04 Å². The van der Waals surface area contributed by atoms with Crippen LogP contribution in [0.4, 0.5) is 0 Å². The number of carbonyl (C=O) groups is 2. The van der Waals surface area contributed by atoms with E-state index in [1.807, 2.05) is 31.2 Å².